The Morgan fingerprint density at radius 1 is 1.21 bits per heavy atom. The molecule has 0 saturated carbocycles. The van der Waals surface area contributed by atoms with Crippen LogP contribution < -0.4 is 5.32 Å². The van der Waals surface area contributed by atoms with Gasteiger partial charge in [0.2, 0.25) is 0 Å². The van der Waals surface area contributed by atoms with Gasteiger partial charge in [0.15, 0.2) is 0 Å². The average Bonchev–Trinajstić information content (AvgIpc) is 2.15. The molecule has 0 spiro atoms. The van der Waals surface area contributed by atoms with E-state index in [1.165, 1.54) is 0 Å². The molecule has 0 aliphatic heterocycles. The highest BCUT2D eigenvalue weighted by Gasteiger charge is 2.12. The lowest BCUT2D eigenvalue weighted by Crippen LogP contribution is -2.38. The maximum atomic E-state index is 9.56. The van der Waals surface area contributed by atoms with Crippen LogP contribution in [0.2, 0.25) is 0 Å². The molecule has 86 valence electrons. The lowest BCUT2D eigenvalue weighted by Gasteiger charge is -2.21. The molecular weight excluding hydrogens is 178 g/mol. The second-order valence-electron chi connectivity index (χ2n) is 4.28. The van der Waals surface area contributed by atoms with Gasteiger partial charge in [-0.25, -0.2) is 0 Å². The van der Waals surface area contributed by atoms with Crippen LogP contribution in [0, 0.1) is 5.92 Å². The van der Waals surface area contributed by atoms with Crippen LogP contribution >= 0.6 is 0 Å². The average molecular weight is 203 g/mol. The molecule has 0 rings (SSSR count). The third kappa shape index (κ3) is 5.58. The number of aliphatic hydroxyl groups excluding tert-OH is 1. The van der Waals surface area contributed by atoms with E-state index in [4.69, 9.17) is 4.74 Å². The summed E-state index contributed by atoms with van der Waals surface area (Å²) in [4.78, 5) is 0. The highest BCUT2D eigenvalue weighted by atomic mass is 16.5. The molecule has 0 saturated heterocycles. The molecule has 2 N–H and O–H groups in total. The SMILES string of the molecule is COC(C)C(C)NCCC(O)C(C)C. The molecule has 0 aliphatic rings. The van der Waals surface area contributed by atoms with Crippen LogP contribution in [0.15, 0.2) is 0 Å². The van der Waals surface area contributed by atoms with Crippen molar-refractivity contribution in [3.8, 4) is 0 Å². The summed E-state index contributed by atoms with van der Waals surface area (Å²) in [5, 5.41) is 12.9. The van der Waals surface area contributed by atoms with Crippen molar-refractivity contribution >= 4 is 0 Å². The second kappa shape index (κ2) is 7.21. The third-order valence-electron chi connectivity index (χ3n) is 2.75. The van der Waals surface area contributed by atoms with Crippen molar-refractivity contribution in [2.45, 2.75) is 52.4 Å². The molecule has 0 radical (unpaired) electrons. The molecule has 0 heterocycles. The fourth-order valence-corrected chi connectivity index (χ4v) is 1.16. The Hall–Kier alpha value is -0.120. The Morgan fingerprint density at radius 3 is 2.21 bits per heavy atom. The van der Waals surface area contributed by atoms with Crippen LogP contribution in [0.4, 0.5) is 0 Å². The minimum Gasteiger partial charge on any atom is -0.393 e. The fraction of sp³-hybridized carbons (Fsp3) is 1.00. The molecule has 3 unspecified atom stereocenters. The Labute approximate surface area is 87.8 Å². The molecule has 0 aromatic rings. The smallest absolute Gasteiger partial charge is 0.0693 e. The van der Waals surface area contributed by atoms with Crippen LogP contribution in [0.25, 0.3) is 0 Å². The zero-order valence-corrected chi connectivity index (χ0v) is 10.1. The summed E-state index contributed by atoms with van der Waals surface area (Å²) in [5.74, 6) is 0.340. The van der Waals surface area contributed by atoms with Crippen LogP contribution in [0.1, 0.15) is 34.1 Å². The van der Waals surface area contributed by atoms with Crippen molar-refractivity contribution in [2.24, 2.45) is 5.92 Å². The highest BCUT2D eigenvalue weighted by molar-refractivity contribution is 4.69. The second-order valence-corrected chi connectivity index (χ2v) is 4.28. The van der Waals surface area contributed by atoms with Gasteiger partial charge in [-0.1, -0.05) is 13.8 Å². The largest absolute Gasteiger partial charge is 0.393 e. The zero-order valence-electron chi connectivity index (χ0n) is 10.1. The lowest BCUT2D eigenvalue weighted by atomic mass is 10.0. The van der Waals surface area contributed by atoms with E-state index in [1.54, 1.807) is 7.11 Å². The Morgan fingerprint density at radius 2 is 1.79 bits per heavy atom. The van der Waals surface area contributed by atoms with Crippen LogP contribution in [-0.2, 0) is 4.74 Å². The van der Waals surface area contributed by atoms with E-state index < -0.39 is 0 Å². The quantitative estimate of drug-likeness (QED) is 0.657. The van der Waals surface area contributed by atoms with Crippen molar-refractivity contribution in [1.29, 1.82) is 0 Å². The van der Waals surface area contributed by atoms with E-state index in [-0.39, 0.29) is 12.2 Å². The van der Waals surface area contributed by atoms with E-state index in [0.29, 0.717) is 12.0 Å². The molecule has 0 fully saturated rings. The minimum absolute atomic E-state index is 0.201. The maximum absolute atomic E-state index is 9.56. The van der Waals surface area contributed by atoms with E-state index in [9.17, 15) is 5.11 Å². The van der Waals surface area contributed by atoms with Crippen LogP contribution in [0.5, 0.6) is 0 Å². The number of hydrogen-bond acceptors (Lipinski definition) is 3. The van der Waals surface area contributed by atoms with Crippen molar-refractivity contribution < 1.29 is 9.84 Å². The normalized spacial score (nSPS) is 18.2. The van der Waals surface area contributed by atoms with Crippen molar-refractivity contribution in [3.63, 3.8) is 0 Å². The number of nitrogens with one attached hydrogen (secondary N) is 1. The molecule has 14 heavy (non-hydrogen) atoms. The molecule has 3 atom stereocenters. The first-order valence-corrected chi connectivity index (χ1v) is 5.43. The van der Waals surface area contributed by atoms with Gasteiger partial charge in [0, 0.05) is 13.2 Å². The van der Waals surface area contributed by atoms with Gasteiger partial charge < -0.3 is 15.2 Å². The summed E-state index contributed by atoms with van der Waals surface area (Å²) < 4.78 is 5.19. The van der Waals surface area contributed by atoms with E-state index in [2.05, 4.69) is 12.2 Å². The number of hydrogen-bond donors (Lipinski definition) is 2. The molecule has 0 aromatic heterocycles. The van der Waals surface area contributed by atoms with Crippen molar-refractivity contribution in [3.05, 3.63) is 0 Å². The standard InChI is InChI=1S/C11H25NO2/c1-8(2)11(13)6-7-12-9(3)10(4)14-5/h8-13H,6-7H2,1-5H3. The molecule has 0 bridgehead atoms. The first kappa shape index (κ1) is 13.9. The van der Waals surface area contributed by atoms with Gasteiger partial charge >= 0.3 is 0 Å². The van der Waals surface area contributed by atoms with Crippen LogP contribution in [0.3, 0.4) is 0 Å². The summed E-state index contributed by atoms with van der Waals surface area (Å²) in [6.45, 7) is 9.04. The monoisotopic (exact) mass is 203 g/mol. The summed E-state index contributed by atoms with van der Waals surface area (Å²) >= 11 is 0. The maximum Gasteiger partial charge on any atom is 0.0693 e. The molecule has 3 nitrogen and oxygen atoms in total. The Balaban J connectivity index is 3.53. The topological polar surface area (TPSA) is 41.5 Å². The third-order valence-corrected chi connectivity index (χ3v) is 2.75. The van der Waals surface area contributed by atoms with Gasteiger partial charge in [0.05, 0.1) is 12.2 Å². The molecule has 0 aromatic carbocycles. The van der Waals surface area contributed by atoms with Gasteiger partial charge in [-0.05, 0) is 32.7 Å². The summed E-state index contributed by atoms with van der Waals surface area (Å²) in [7, 11) is 1.71. The van der Waals surface area contributed by atoms with Gasteiger partial charge in [-0.3, -0.25) is 0 Å². The summed E-state index contributed by atoms with van der Waals surface area (Å²) in [5.41, 5.74) is 0. The molecule has 0 aliphatic carbocycles. The number of rotatable bonds is 7. The Bertz CT molecular complexity index is 139. The van der Waals surface area contributed by atoms with Gasteiger partial charge in [0.1, 0.15) is 0 Å². The highest BCUT2D eigenvalue weighted by Crippen LogP contribution is 2.04. The number of methoxy groups -OCH3 is 1. The first-order valence-electron chi connectivity index (χ1n) is 5.43. The van der Waals surface area contributed by atoms with E-state index in [0.717, 1.165) is 13.0 Å². The predicted octanol–water partition coefficient (Wildman–Crippen LogP) is 1.41. The van der Waals surface area contributed by atoms with Gasteiger partial charge in [-0.15, -0.1) is 0 Å². The van der Waals surface area contributed by atoms with Gasteiger partial charge in [0.25, 0.3) is 0 Å². The summed E-state index contributed by atoms with van der Waals surface area (Å²) in [6, 6.07) is 0.333. The molecular formula is C11H25NO2. The lowest BCUT2D eigenvalue weighted by molar-refractivity contribution is 0.0819. The van der Waals surface area contributed by atoms with Crippen LogP contribution in [-0.4, -0.2) is 37.0 Å². The number of aliphatic hydroxyl groups is 1. The summed E-state index contributed by atoms with van der Waals surface area (Å²) in [6.07, 6.45) is 0.817. The van der Waals surface area contributed by atoms with Crippen molar-refractivity contribution in [2.75, 3.05) is 13.7 Å². The van der Waals surface area contributed by atoms with Gasteiger partial charge in [-0.2, -0.15) is 0 Å². The zero-order chi connectivity index (χ0) is 11.1. The Kier molecular flexibility index (Phi) is 7.15. The predicted molar refractivity (Wildman–Crippen MR) is 59.4 cm³/mol. The molecule has 0 amide bonds. The van der Waals surface area contributed by atoms with E-state index in [1.807, 2.05) is 20.8 Å². The van der Waals surface area contributed by atoms with Crippen molar-refractivity contribution in [1.82, 2.24) is 5.32 Å². The first-order chi connectivity index (χ1) is 6.49. The number of ether oxygens (including phenoxy) is 1. The minimum atomic E-state index is -0.201. The fourth-order valence-electron chi connectivity index (χ4n) is 1.16. The molecule has 3 heteroatoms. The van der Waals surface area contributed by atoms with E-state index >= 15 is 0 Å².